The SMILES string of the molecule is Cn1cc(-c2cnn3c([NH2+]C(=O)OC(C)(C)C)cc(C4CCC(C=O)N(C(=O)OC(C)(C)C)C4)nc23)cn1. The van der Waals surface area contributed by atoms with Crippen LogP contribution < -0.4 is 5.32 Å². The van der Waals surface area contributed by atoms with Crippen molar-refractivity contribution in [2.75, 3.05) is 6.54 Å². The highest BCUT2D eigenvalue weighted by Gasteiger charge is 2.36. The molecule has 4 rings (SSSR count). The number of hydrogen-bond donors (Lipinski definition) is 1. The third-order valence-corrected chi connectivity index (χ3v) is 6.04. The van der Waals surface area contributed by atoms with Gasteiger partial charge in [-0.05, 0) is 54.4 Å². The Morgan fingerprint density at radius 3 is 2.37 bits per heavy atom. The average Bonchev–Trinajstić information content (AvgIpc) is 3.42. The number of fused-ring (bicyclic) bond motifs is 1. The van der Waals surface area contributed by atoms with E-state index in [1.54, 1.807) is 69.2 Å². The van der Waals surface area contributed by atoms with Crippen LogP contribution in [0.4, 0.5) is 15.4 Å². The maximum absolute atomic E-state index is 13.0. The van der Waals surface area contributed by atoms with Gasteiger partial charge in [0.05, 0.1) is 24.1 Å². The Bertz CT molecular complexity index is 1350. The van der Waals surface area contributed by atoms with Crippen LogP contribution in [0.25, 0.3) is 16.8 Å². The number of ether oxygens (including phenoxy) is 2. The second kappa shape index (κ2) is 10.2. The molecule has 0 aromatic carbocycles. The molecule has 0 aliphatic carbocycles. The molecule has 38 heavy (non-hydrogen) atoms. The van der Waals surface area contributed by atoms with Crippen LogP contribution in [0, 0.1) is 0 Å². The first-order valence-electron chi connectivity index (χ1n) is 12.6. The summed E-state index contributed by atoms with van der Waals surface area (Å²) in [6.45, 7) is 11.0. The molecule has 12 heteroatoms. The van der Waals surface area contributed by atoms with Gasteiger partial charge in [-0.2, -0.15) is 24.8 Å². The number of carbonyl (C=O) groups excluding carboxylic acids is 3. The molecule has 2 amide bonds. The molecule has 1 saturated heterocycles. The molecule has 2 atom stereocenters. The molecule has 1 fully saturated rings. The van der Waals surface area contributed by atoms with E-state index in [1.165, 1.54) is 10.2 Å². The fourth-order valence-electron chi connectivity index (χ4n) is 4.44. The summed E-state index contributed by atoms with van der Waals surface area (Å²) in [7, 11) is 1.83. The third-order valence-electron chi connectivity index (χ3n) is 6.04. The molecule has 0 bridgehead atoms. The van der Waals surface area contributed by atoms with Crippen LogP contribution in [-0.4, -0.2) is 71.5 Å². The number of rotatable bonds is 4. The van der Waals surface area contributed by atoms with Crippen LogP contribution in [0.1, 0.15) is 66.0 Å². The molecule has 2 N–H and O–H groups in total. The van der Waals surface area contributed by atoms with Crippen molar-refractivity contribution < 1.29 is 29.2 Å². The topological polar surface area (TPSA) is 138 Å². The van der Waals surface area contributed by atoms with Gasteiger partial charge in [0.25, 0.3) is 0 Å². The molecule has 1 aliphatic heterocycles. The summed E-state index contributed by atoms with van der Waals surface area (Å²) in [5.41, 5.74) is 1.46. The molecule has 3 aromatic heterocycles. The van der Waals surface area contributed by atoms with E-state index in [-0.39, 0.29) is 12.5 Å². The first kappa shape index (κ1) is 27.2. The van der Waals surface area contributed by atoms with Crippen molar-refractivity contribution in [1.29, 1.82) is 0 Å². The molecule has 0 radical (unpaired) electrons. The summed E-state index contributed by atoms with van der Waals surface area (Å²) >= 11 is 0. The van der Waals surface area contributed by atoms with Crippen molar-refractivity contribution in [2.45, 2.75) is 77.5 Å². The average molecular weight is 527 g/mol. The van der Waals surface area contributed by atoms with Crippen molar-refractivity contribution in [3.8, 4) is 11.1 Å². The summed E-state index contributed by atoms with van der Waals surface area (Å²) < 4.78 is 14.4. The van der Waals surface area contributed by atoms with Crippen molar-refractivity contribution >= 4 is 29.9 Å². The van der Waals surface area contributed by atoms with Gasteiger partial charge in [-0.15, -0.1) is 0 Å². The zero-order valence-corrected chi connectivity index (χ0v) is 23.0. The number of nitrogens with zero attached hydrogens (tertiary/aromatic N) is 6. The lowest BCUT2D eigenvalue weighted by atomic mass is 9.90. The summed E-state index contributed by atoms with van der Waals surface area (Å²) in [4.78, 5) is 43.9. The first-order chi connectivity index (χ1) is 17.7. The van der Waals surface area contributed by atoms with E-state index < -0.39 is 29.4 Å². The highest BCUT2D eigenvalue weighted by Crippen LogP contribution is 2.32. The van der Waals surface area contributed by atoms with Gasteiger partial charge < -0.3 is 14.3 Å². The number of carbonyl (C=O) groups is 3. The number of aromatic nitrogens is 5. The van der Waals surface area contributed by atoms with Crippen molar-refractivity contribution in [3.63, 3.8) is 0 Å². The monoisotopic (exact) mass is 526 g/mol. The zero-order valence-electron chi connectivity index (χ0n) is 23.0. The minimum absolute atomic E-state index is 0.189. The van der Waals surface area contributed by atoms with E-state index in [2.05, 4.69) is 10.2 Å². The maximum Gasteiger partial charge on any atom is 0.519 e. The number of amides is 2. The molecule has 3 aromatic rings. The van der Waals surface area contributed by atoms with Gasteiger partial charge in [-0.1, -0.05) is 0 Å². The Morgan fingerprint density at radius 2 is 1.76 bits per heavy atom. The smallest absolute Gasteiger partial charge is 0.444 e. The Labute approximate surface area is 221 Å². The normalized spacial score (nSPS) is 18.4. The predicted molar refractivity (Wildman–Crippen MR) is 138 cm³/mol. The van der Waals surface area contributed by atoms with Gasteiger partial charge in [-0.25, -0.2) is 9.78 Å². The Kier molecular flexibility index (Phi) is 7.29. The molecule has 12 nitrogen and oxygen atoms in total. The molecular weight excluding hydrogens is 490 g/mol. The van der Waals surface area contributed by atoms with Crippen LogP contribution in [0.5, 0.6) is 0 Å². The summed E-state index contributed by atoms with van der Waals surface area (Å²) in [5.74, 6) is 0.307. The predicted octanol–water partition coefficient (Wildman–Crippen LogP) is 2.94. The number of primary amides is 1. The van der Waals surface area contributed by atoms with Gasteiger partial charge in [0.2, 0.25) is 5.82 Å². The van der Waals surface area contributed by atoms with Crippen molar-refractivity contribution in [1.82, 2.24) is 29.3 Å². The lowest BCUT2D eigenvalue weighted by molar-refractivity contribution is -0.491. The van der Waals surface area contributed by atoms with Gasteiger partial charge in [-0.3, -0.25) is 9.58 Å². The largest absolute Gasteiger partial charge is 0.519 e. The maximum atomic E-state index is 13.0. The molecule has 1 aliphatic rings. The third kappa shape index (κ3) is 6.18. The van der Waals surface area contributed by atoms with E-state index in [9.17, 15) is 14.4 Å². The number of aryl methyl sites for hydroxylation is 1. The minimum Gasteiger partial charge on any atom is -0.444 e. The van der Waals surface area contributed by atoms with Crippen LogP contribution in [-0.2, 0) is 21.3 Å². The highest BCUT2D eigenvalue weighted by molar-refractivity contribution is 5.77. The molecule has 0 saturated carbocycles. The van der Waals surface area contributed by atoms with Crippen LogP contribution >= 0.6 is 0 Å². The Balaban J connectivity index is 1.74. The second-order valence-corrected chi connectivity index (χ2v) is 11.6. The van der Waals surface area contributed by atoms with Gasteiger partial charge in [0.15, 0.2) is 5.65 Å². The van der Waals surface area contributed by atoms with Crippen LogP contribution in [0.2, 0.25) is 0 Å². The molecule has 0 spiro atoms. The van der Waals surface area contributed by atoms with Crippen molar-refractivity contribution in [3.05, 3.63) is 30.4 Å². The van der Waals surface area contributed by atoms with Gasteiger partial charge in [0, 0.05) is 42.9 Å². The van der Waals surface area contributed by atoms with Crippen LogP contribution in [0.15, 0.2) is 24.7 Å². The first-order valence-corrected chi connectivity index (χ1v) is 12.6. The van der Waals surface area contributed by atoms with Crippen LogP contribution in [0.3, 0.4) is 0 Å². The standard InChI is InChI=1S/C26H35N7O5/c1-25(2,3)37-23(35)30-21-10-20(29-22-19(12-28-33(21)22)17-11-27-31(7)13-17)16-8-9-18(15-34)32(14-16)24(36)38-26(4,5)6/h10-13,15-16,18H,8-9,14H2,1-7H3,(H,30,35)/p+1. The fraction of sp³-hybridized carbons (Fsp3) is 0.538. The lowest BCUT2D eigenvalue weighted by Crippen LogP contribution is -2.83. The molecule has 204 valence electrons. The summed E-state index contributed by atoms with van der Waals surface area (Å²) in [6, 6.07) is 1.22. The minimum atomic E-state index is -0.694. The van der Waals surface area contributed by atoms with E-state index in [0.29, 0.717) is 30.0 Å². The number of hydrogen-bond acceptors (Lipinski definition) is 8. The fourth-order valence-corrected chi connectivity index (χ4v) is 4.44. The lowest BCUT2D eigenvalue weighted by Gasteiger charge is -2.37. The number of aldehydes is 1. The van der Waals surface area contributed by atoms with Crippen molar-refractivity contribution in [2.24, 2.45) is 7.05 Å². The number of nitrogens with two attached hydrogens (primary N) is 1. The molecule has 4 heterocycles. The zero-order chi connectivity index (χ0) is 27.8. The number of likely N-dealkylation sites (tertiary alicyclic amines) is 1. The van der Waals surface area contributed by atoms with E-state index >= 15 is 0 Å². The Hall–Kier alpha value is -3.80. The van der Waals surface area contributed by atoms with Gasteiger partial charge in [0.1, 0.15) is 17.5 Å². The number of quaternary nitrogens is 1. The van der Waals surface area contributed by atoms with Gasteiger partial charge >= 0.3 is 12.2 Å². The van der Waals surface area contributed by atoms with E-state index in [1.807, 2.05) is 13.2 Å². The second-order valence-electron chi connectivity index (χ2n) is 11.6. The van der Waals surface area contributed by atoms with E-state index in [0.717, 1.165) is 17.4 Å². The summed E-state index contributed by atoms with van der Waals surface area (Å²) in [6.07, 6.45) is 6.12. The molecule has 2 unspecified atom stereocenters. The quantitative estimate of drug-likeness (QED) is 0.512. The summed E-state index contributed by atoms with van der Waals surface area (Å²) in [5, 5.41) is 10.1. The highest BCUT2D eigenvalue weighted by atomic mass is 16.6. The molecular formula is C26H36N7O5+. The van der Waals surface area contributed by atoms with E-state index in [4.69, 9.17) is 14.5 Å². The Morgan fingerprint density at radius 1 is 1.05 bits per heavy atom. The number of piperidine rings is 1.